The van der Waals surface area contributed by atoms with Crippen LogP contribution in [0.3, 0.4) is 0 Å². The smallest absolute Gasteiger partial charge is 0.230 e. The molecule has 0 fully saturated rings. The third-order valence-corrected chi connectivity index (χ3v) is 3.24. The molecule has 0 spiro atoms. The number of rotatable bonds is 5. The molecule has 1 aromatic carbocycles. The van der Waals surface area contributed by atoms with Gasteiger partial charge in [0.2, 0.25) is 5.91 Å². The van der Waals surface area contributed by atoms with Crippen LogP contribution >= 0.6 is 24.2 Å². The van der Waals surface area contributed by atoms with E-state index in [1.54, 1.807) is 0 Å². The predicted octanol–water partition coefficient (Wildman–Crippen LogP) is 2.33. The highest BCUT2D eigenvalue weighted by molar-refractivity contribution is 8.00. The van der Waals surface area contributed by atoms with Gasteiger partial charge in [-0.3, -0.25) is 4.79 Å². The van der Waals surface area contributed by atoms with Crippen molar-refractivity contribution < 1.29 is 13.6 Å². The molecule has 3 nitrogen and oxygen atoms in total. The van der Waals surface area contributed by atoms with Crippen molar-refractivity contribution in [2.45, 2.75) is 24.3 Å². The number of carbonyl (C=O) groups is 1. The second kappa shape index (κ2) is 7.67. The molecule has 1 amide bonds. The van der Waals surface area contributed by atoms with Gasteiger partial charge < -0.3 is 11.1 Å². The van der Waals surface area contributed by atoms with Crippen LogP contribution in [0.5, 0.6) is 0 Å². The minimum Gasteiger partial charge on any atom is -0.349 e. The molecule has 0 aliphatic rings. The Kier molecular flexibility index (Phi) is 7.33. The fourth-order valence-corrected chi connectivity index (χ4v) is 1.90. The summed E-state index contributed by atoms with van der Waals surface area (Å²) < 4.78 is 25.6. The number of amides is 1. The van der Waals surface area contributed by atoms with E-state index in [-0.39, 0.29) is 24.1 Å². The van der Waals surface area contributed by atoms with Gasteiger partial charge >= 0.3 is 0 Å². The third-order valence-electron chi connectivity index (χ3n) is 2.25. The Morgan fingerprint density at radius 2 is 2.00 bits per heavy atom. The zero-order valence-corrected chi connectivity index (χ0v) is 12.3. The Labute approximate surface area is 121 Å². The average molecular weight is 311 g/mol. The summed E-state index contributed by atoms with van der Waals surface area (Å²) in [7, 11) is 0. The van der Waals surface area contributed by atoms with Crippen LogP contribution in [0.25, 0.3) is 0 Å². The molecule has 0 saturated heterocycles. The summed E-state index contributed by atoms with van der Waals surface area (Å²) in [6.45, 7) is 3.95. The fraction of sp³-hybridized carbons (Fsp3) is 0.417. The molecule has 0 aliphatic heterocycles. The van der Waals surface area contributed by atoms with E-state index in [1.165, 1.54) is 6.07 Å². The maximum absolute atomic E-state index is 12.9. The summed E-state index contributed by atoms with van der Waals surface area (Å²) in [4.78, 5) is 12.1. The Hall–Kier alpha value is -0.850. The van der Waals surface area contributed by atoms with Crippen LogP contribution in [0.15, 0.2) is 23.1 Å². The molecule has 108 valence electrons. The van der Waals surface area contributed by atoms with Crippen molar-refractivity contribution >= 4 is 30.1 Å². The van der Waals surface area contributed by atoms with Crippen LogP contribution in [0.2, 0.25) is 0 Å². The number of hydrogen-bond donors (Lipinski definition) is 2. The molecule has 0 aromatic heterocycles. The van der Waals surface area contributed by atoms with E-state index in [0.29, 0.717) is 11.4 Å². The summed E-state index contributed by atoms with van der Waals surface area (Å²) in [6, 6.07) is 3.55. The minimum atomic E-state index is -0.914. The fourth-order valence-electron chi connectivity index (χ4n) is 1.18. The van der Waals surface area contributed by atoms with Gasteiger partial charge in [-0.1, -0.05) is 0 Å². The lowest BCUT2D eigenvalue weighted by Gasteiger charge is -2.24. The lowest BCUT2D eigenvalue weighted by Crippen LogP contribution is -2.49. The van der Waals surface area contributed by atoms with Gasteiger partial charge in [0.05, 0.1) is 5.75 Å². The molecule has 1 rings (SSSR count). The Balaban J connectivity index is 0.00000324. The van der Waals surface area contributed by atoms with E-state index >= 15 is 0 Å². The minimum absolute atomic E-state index is 0. The largest absolute Gasteiger partial charge is 0.349 e. The van der Waals surface area contributed by atoms with Gasteiger partial charge in [0.15, 0.2) is 11.6 Å². The zero-order chi connectivity index (χ0) is 13.8. The first-order valence-electron chi connectivity index (χ1n) is 5.43. The SMILES string of the molecule is CC(C)(CN)NC(=O)CSc1ccc(F)c(F)c1.Cl. The van der Waals surface area contributed by atoms with E-state index in [9.17, 15) is 13.6 Å². The molecular formula is C12H17ClF2N2OS. The van der Waals surface area contributed by atoms with Gasteiger partial charge in [0.1, 0.15) is 0 Å². The van der Waals surface area contributed by atoms with E-state index in [0.717, 1.165) is 23.9 Å². The quantitative estimate of drug-likeness (QED) is 0.821. The molecule has 0 bridgehead atoms. The van der Waals surface area contributed by atoms with Crippen LogP contribution in [0.1, 0.15) is 13.8 Å². The molecule has 0 saturated carbocycles. The Morgan fingerprint density at radius 1 is 1.37 bits per heavy atom. The summed E-state index contributed by atoms with van der Waals surface area (Å²) in [6.07, 6.45) is 0. The zero-order valence-electron chi connectivity index (χ0n) is 10.7. The molecule has 0 atom stereocenters. The Morgan fingerprint density at radius 3 is 2.53 bits per heavy atom. The van der Waals surface area contributed by atoms with Crippen molar-refractivity contribution in [3.63, 3.8) is 0 Å². The lowest BCUT2D eigenvalue weighted by atomic mass is 10.1. The van der Waals surface area contributed by atoms with E-state index < -0.39 is 17.2 Å². The molecular weight excluding hydrogens is 294 g/mol. The standard InChI is InChI=1S/C12H16F2N2OS.ClH/c1-12(2,7-15)16-11(17)6-18-8-3-4-9(13)10(14)5-8;/h3-5H,6-7,15H2,1-2H3,(H,16,17);1H. The lowest BCUT2D eigenvalue weighted by molar-refractivity contribution is -0.120. The number of nitrogens with two attached hydrogens (primary N) is 1. The highest BCUT2D eigenvalue weighted by Crippen LogP contribution is 2.20. The van der Waals surface area contributed by atoms with Gasteiger partial charge in [-0.2, -0.15) is 0 Å². The van der Waals surface area contributed by atoms with Crippen molar-refractivity contribution in [1.82, 2.24) is 5.32 Å². The number of nitrogens with one attached hydrogen (secondary N) is 1. The monoisotopic (exact) mass is 310 g/mol. The third kappa shape index (κ3) is 6.22. The summed E-state index contributed by atoms with van der Waals surface area (Å²) in [5.41, 5.74) is 5.02. The molecule has 0 unspecified atom stereocenters. The first-order valence-corrected chi connectivity index (χ1v) is 6.41. The van der Waals surface area contributed by atoms with Crippen molar-refractivity contribution in [2.75, 3.05) is 12.3 Å². The molecule has 7 heteroatoms. The topological polar surface area (TPSA) is 55.1 Å². The summed E-state index contributed by atoms with van der Waals surface area (Å²) in [5, 5.41) is 2.75. The van der Waals surface area contributed by atoms with Gasteiger partial charge in [0.25, 0.3) is 0 Å². The molecule has 1 aromatic rings. The van der Waals surface area contributed by atoms with Crippen molar-refractivity contribution in [2.24, 2.45) is 5.73 Å². The van der Waals surface area contributed by atoms with Crippen molar-refractivity contribution in [3.05, 3.63) is 29.8 Å². The Bertz CT molecular complexity index is 444. The maximum Gasteiger partial charge on any atom is 0.230 e. The number of carbonyl (C=O) groups excluding carboxylic acids is 1. The van der Waals surface area contributed by atoms with E-state index in [1.807, 2.05) is 13.8 Å². The maximum atomic E-state index is 12.9. The normalized spacial score (nSPS) is 10.8. The molecule has 19 heavy (non-hydrogen) atoms. The first-order chi connectivity index (χ1) is 8.34. The number of halogens is 3. The number of hydrogen-bond acceptors (Lipinski definition) is 3. The number of thioether (sulfide) groups is 1. The first kappa shape index (κ1) is 18.1. The van der Waals surface area contributed by atoms with Crippen molar-refractivity contribution in [3.8, 4) is 0 Å². The summed E-state index contributed by atoms with van der Waals surface area (Å²) >= 11 is 1.14. The second-order valence-electron chi connectivity index (χ2n) is 4.50. The van der Waals surface area contributed by atoms with Gasteiger partial charge in [-0.25, -0.2) is 8.78 Å². The van der Waals surface area contributed by atoms with Crippen LogP contribution in [0, 0.1) is 11.6 Å². The van der Waals surface area contributed by atoms with Crippen molar-refractivity contribution in [1.29, 1.82) is 0 Å². The average Bonchev–Trinajstić information content (AvgIpc) is 2.30. The van der Waals surface area contributed by atoms with Gasteiger partial charge in [-0.05, 0) is 32.0 Å². The van der Waals surface area contributed by atoms with Crippen LogP contribution < -0.4 is 11.1 Å². The predicted molar refractivity (Wildman–Crippen MR) is 75.6 cm³/mol. The molecule has 0 radical (unpaired) electrons. The molecule has 0 aliphatic carbocycles. The van der Waals surface area contributed by atoms with Crippen LogP contribution in [-0.2, 0) is 4.79 Å². The number of benzene rings is 1. The highest BCUT2D eigenvalue weighted by Gasteiger charge is 2.18. The summed E-state index contributed by atoms with van der Waals surface area (Å²) in [5.74, 6) is -1.87. The van der Waals surface area contributed by atoms with E-state index in [4.69, 9.17) is 5.73 Å². The van der Waals surface area contributed by atoms with Gasteiger partial charge in [0, 0.05) is 17.0 Å². The van der Waals surface area contributed by atoms with Gasteiger partial charge in [-0.15, -0.1) is 24.2 Å². The van der Waals surface area contributed by atoms with Crippen LogP contribution in [0.4, 0.5) is 8.78 Å². The molecule has 0 heterocycles. The van der Waals surface area contributed by atoms with E-state index in [2.05, 4.69) is 5.32 Å². The second-order valence-corrected chi connectivity index (χ2v) is 5.55. The highest BCUT2D eigenvalue weighted by atomic mass is 35.5. The molecule has 3 N–H and O–H groups in total. The van der Waals surface area contributed by atoms with Crippen LogP contribution in [-0.4, -0.2) is 23.7 Å².